The fourth-order valence-corrected chi connectivity index (χ4v) is 2.53. The third-order valence-corrected chi connectivity index (χ3v) is 3.56. The van der Waals surface area contributed by atoms with E-state index < -0.39 is 0 Å². The van der Waals surface area contributed by atoms with Crippen LogP contribution in [0.3, 0.4) is 0 Å². The topological polar surface area (TPSA) is 18.5 Å². The predicted molar refractivity (Wildman–Crippen MR) is 81.3 cm³/mol. The largest absolute Gasteiger partial charge is 0.362 e. The van der Waals surface area contributed by atoms with E-state index in [2.05, 4.69) is 53.5 Å². The van der Waals surface area contributed by atoms with Crippen molar-refractivity contribution in [3.8, 4) is 0 Å². The molecule has 1 aromatic carbocycles. The normalized spacial score (nSPS) is 13.8. The van der Waals surface area contributed by atoms with Crippen LogP contribution in [0.15, 0.2) is 24.3 Å². The van der Waals surface area contributed by atoms with Crippen LogP contribution in [0.1, 0.15) is 12.0 Å². The van der Waals surface area contributed by atoms with Gasteiger partial charge < -0.3 is 15.1 Å². The Morgan fingerprint density at radius 3 is 2.94 bits per heavy atom. The summed E-state index contributed by atoms with van der Waals surface area (Å²) in [6.45, 7) is 3.03. The maximum absolute atomic E-state index is 5.47. The smallest absolute Gasteiger partial charge is 0.173 e. The summed E-state index contributed by atoms with van der Waals surface area (Å²) in [5.74, 6) is 0. The van der Waals surface area contributed by atoms with Gasteiger partial charge in [-0.05, 0) is 57.3 Å². The summed E-state index contributed by atoms with van der Waals surface area (Å²) in [5, 5.41) is 4.21. The fourth-order valence-electron chi connectivity index (χ4n) is 2.24. The van der Waals surface area contributed by atoms with Gasteiger partial charge in [0.25, 0.3) is 0 Å². The van der Waals surface area contributed by atoms with Crippen LogP contribution in [0.25, 0.3) is 0 Å². The average Bonchev–Trinajstić information content (AvgIpc) is 2.78. The van der Waals surface area contributed by atoms with E-state index >= 15 is 0 Å². The lowest BCUT2D eigenvalue weighted by Gasteiger charge is -2.21. The highest BCUT2D eigenvalue weighted by Gasteiger charge is 2.20. The van der Waals surface area contributed by atoms with Crippen molar-refractivity contribution in [2.45, 2.75) is 12.8 Å². The summed E-state index contributed by atoms with van der Waals surface area (Å²) in [6, 6.07) is 8.50. The second kappa shape index (κ2) is 6.16. The average molecular weight is 263 g/mol. The number of nitrogens with one attached hydrogen (secondary N) is 1. The molecule has 18 heavy (non-hydrogen) atoms. The van der Waals surface area contributed by atoms with Crippen LogP contribution in [0, 0.1) is 0 Å². The van der Waals surface area contributed by atoms with Crippen LogP contribution in [0.5, 0.6) is 0 Å². The van der Waals surface area contributed by atoms with Crippen LogP contribution in [-0.2, 0) is 6.42 Å². The number of thiocarbonyl (C=S) groups is 1. The molecule has 0 atom stereocenters. The SMILES string of the molecule is CN(C)CCCNC(=S)N1CCc2ccccc21. The molecule has 4 heteroatoms. The zero-order valence-corrected chi connectivity index (χ0v) is 12.0. The molecule has 0 aliphatic carbocycles. The van der Waals surface area contributed by atoms with Crippen LogP contribution >= 0.6 is 12.2 Å². The second-order valence-corrected chi connectivity index (χ2v) is 5.31. The van der Waals surface area contributed by atoms with Crippen molar-refractivity contribution in [2.24, 2.45) is 0 Å². The van der Waals surface area contributed by atoms with Crippen molar-refractivity contribution in [3.63, 3.8) is 0 Å². The Hall–Kier alpha value is -1.13. The third kappa shape index (κ3) is 3.21. The van der Waals surface area contributed by atoms with Crippen LogP contribution in [-0.4, -0.2) is 43.7 Å². The molecule has 2 rings (SSSR count). The first-order valence-electron chi connectivity index (χ1n) is 6.46. The van der Waals surface area contributed by atoms with Crippen LogP contribution in [0.4, 0.5) is 5.69 Å². The second-order valence-electron chi connectivity index (χ2n) is 4.92. The van der Waals surface area contributed by atoms with Crippen LogP contribution in [0.2, 0.25) is 0 Å². The number of rotatable bonds is 4. The number of nitrogens with zero attached hydrogens (tertiary/aromatic N) is 2. The highest BCUT2D eigenvalue weighted by Crippen LogP contribution is 2.27. The Morgan fingerprint density at radius 2 is 2.17 bits per heavy atom. The zero-order valence-electron chi connectivity index (χ0n) is 11.1. The molecule has 0 bridgehead atoms. The molecule has 0 unspecified atom stereocenters. The molecule has 0 saturated carbocycles. The first-order valence-corrected chi connectivity index (χ1v) is 6.87. The first-order chi connectivity index (χ1) is 8.68. The molecule has 1 heterocycles. The lowest BCUT2D eigenvalue weighted by molar-refractivity contribution is 0.400. The molecule has 1 aliphatic heterocycles. The van der Waals surface area contributed by atoms with Crippen molar-refractivity contribution < 1.29 is 0 Å². The van der Waals surface area contributed by atoms with E-state index in [-0.39, 0.29) is 0 Å². The predicted octanol–water partition coefficient (Wildman–Crippen LogP) is 1.88. The van der Waals surface area contributed by atoms with Gasteiger partial charge in [-0.25, -0.2) is 0 Å². The molecule has 0 saturated heterocycles. The number of benzene rings is 1. The number of hydrogen-bond donors (Lipinski definition) is 1. The van der Waals surface area contributed by atoms with E-state index in [9.17, 15) is 0 Å². The molecule has 1 N–H and O–H groups in total. The lowest BCUT2D eigenvalue weighted by Crippen LogP contribution is -2.39. The zero-order chi connectivity index (χ0) is 13.0. The quantitative estimate of drug-likeness (QED) is 0.660. The molecule has 0 fully saturated rings. The molecule has 0 spiro atoms. The van der Waals surface area contributed by atoms with Crippen molar-refractivity contribution >= 4 is 23.0 Å². The summed E-state index contributed by atoms with van der Waals surface area (Å²) in [4.78, 5) is 4.40. The van der Waals surface area contributed by atoms with Gasteiger partial charge in [0, 0.05) is 18.8 Å². The number of anilines is 1. The maximum atomic E-state index is 5.47. The summed E-state index contributed by atoms with van der Waals surface area (Å²) in [6.07, 6.45) is 2.21. The van der Waals surface area contributed by atoms with Gasteiger partial charge in [0.1, 0.15) is 0 Å². The Kier molecular flexibility index (Phi) is 4.55. The van der Waals surface area contributed by atoms with E-state index in [0.717, 1.165) is 37.6 Å². The third-order valence-electron chi connectivity index (χ3n) is 3.19. The molecule has 1 aromatic rings. The molecule has 0 radical (unpaired) electrons. The summed E-state index contributed by atoms with van der Waals surface area (Å²) >= 11 is 5.47. The van der Waals surface area contributed by atoms with Gasteiger partial charge in [0.2, 0.25) is 0 Å². The van der Waals surface area contributed by atoms with E-state index in [1.807, 2.05) is 0 Å². The number of hydrogen-bond acceptors (Lipinski definition) is 2. The Bertz CT molecular complexity index is 417. The molecular formula is C14H21N3S. The van der Waals surface area contributed by atoms with Gasteiger partial charge in [-0.3, -0.25) is 0 Å². The molecule has 0 amide bonds. The molecule has 0 aromatic heterocycles. The van der Waals surface area contributed by atoms with Crippen LogP contribution < -0.4 is 10.2 Å². The maximum Gasteiger partial charge on any atom is 0.173 e. The van der Waals surface area contributed by atoms with Gasteiger partial charge in [0.05, 0.1) is 0 Å². The van der Waals surface area contributed by atoms with E-state index in [4.69, 9.17) is 12.2 Å². The van der Waals surface area contributed by atoms with E-state index in [1.54, 1.807) is 0 Å². The fraction of sp³-hybridized carbons (Fsp3) is 0.500. The first kappa shape index (κ1) is 13.3. The number of fused-ring (bicyclic) bond motifs is 1. The minimum atomic E-state index is 0.860. The summed E-state index contributed by atoms with van der Waals surface area (Å²) in [5.41, 5.74) is 2.66. The minimum absolute atomic E-state index is 0.860. The monoisotopic (exact) mass is 263 g/mol. The molecular weight excluding hydrogens is 242 g/mol. The molecule has 98 valence electrons. The number of para-hydroxylation sites is 1. The van der Waals surface area contributed by atoms with Crippen molar-refractivity contribution in [1.82, 2.24) is 10.2 Å². The van der Waals surface area contributed by atoms with Gasteiger partial charge in [-0.15, -0.1) is 0 Å². The summed E-state index contributed by atoms with van der Waals surface area (Å²) < 4.78 is 0. The lowest BCUT2D eigenvalue weighted by atomic mass is 10.2. The van der Waals surface area contributed by atoms with Crippen molar-refractivity contribution in [2.75, 3.05) is 38.6 Å². The highest BCUT2D eigenvalue weighted by atomic mass is 32.1. The Morgan fingerprint density at radius 1 is 1.39 bits per heavy atom. The van der Waals surface area contributed by atoms with Gasteiger partial charge in [-0.2, -0.15) is 0 Å². The van der Waals surface area contributed by atoms with Crippen molar-refractivity contribution in [1.29, 1.82) is 0 Å². The standard InChI is InChI=1S/C14H21N3S/c1-16(2)10-5-9-15-14(18)17-11-8-12-6-3-4-7-13(12)17/h3-4,6-7H,5,8-11H2,1-2H3,(H,15,18). The molecule has 3 nitrogen and oxygen atoms in total. The van der Waals surface area contributed by atoms with Crippen molar-refractivity contribution in [3.05, 3.63) is 29.8 Å². The Balaban J connectivity index is 1.84. The highest BCUT2D eigenvalue weighted by molar-refractivity contribution is 7.80. The van der Waals surface area contributed by atoms with Gasteiger partial charge in [0.15, 0.2) is 5.11 Å². The minimum Gasteiger partial charge on any atom is -0.362 e. The summed E-state index contributed by atoms with van der Waals surface area (Å²) in [7, 11) is 4.18. The Labute approximate surface area is 115 Å². The molecule has 1 aliphatic rings. The van der Waals surface area contributed by atoms with Gasteiger partial charge in [-0.1, -0.05) is 18.2 Å². The van der Waals surface area contributed by atoms with E-state index in [0.29, 0.717) is 0 Å². The van der Waals surface area contributed by atoms with Gasteiger partial charge >= 0.3 is 0 Å². The van der Waals surface area contributed by atoms with E-state index in [1.165, 1.54) is 11.3 Å².